The van der Waals surface area contributed by atoms with Gasteiger partial charge in [-0.3, -0.25) is 15.0 Å². The Hall–Kier alpha value is -2.38. The van der Waals surface area contributed by atoms with Crippen LogP contribution < -0.4 is 11.1 Å². The molecule has 0 bridgehead atoms. The van der Waals surface area contributed by atoms with Crippen molar-refractivity contribution in [2.75, 3.05) is 12.3 Å². The fraction of sp³-hybridized carbons (Fsp3) is 0.333. The number of aromatic amines is 2. The molecule has 2 heterocycles. The average Bonchev–Trinajstić information content (AvgIpc) is 2.95. The Balaban J connectivity index is 1.70. The number of carbonyl (C=O) groups is 1. The van der Waals surface area contributed by atoms with Crippen molar-refractivity contribution in [3.63, 3.8) is 0 Å². The Bertz CT molecular complexity index is 475. The minimum atomic E-state index is -0.216. The molecule has 90 valence electrons. The predicted molar refractivity (Wildman–Crippen MR) is 60.0 cm³/mol. The minimum absolute atomic E-state index is 0.216. The first kappa shape index (κ1) is 11.1. The molecule has 2 rings (SSSR count). The van der Waals surface area contributed by atoms with E-state index >= 15 is 0 Å². The molecular formula is C9H13N7O. The maximum Gasteiger partial charge on any atom is 0.269 e. The van der Waals surface area contributed by atoms with Gasteiger partial charge in [-0.15, -0.1) is 0 Å². The summed E-state index contributed by atoms with van der Waals surface area (Å²) in [7, 11) is 0. The summed E-state index contributed by atoms with van der Waals surface area (Å²) in [6.45, 7) is 0.554. The van der Waals surface area contributed by atoms with Gasteiger partial charge in [0.15, 0.2) is 0 Å². The lowest BCUT2D eigenvalue weighted by molar-refractivity contribution is 0.0948. The number of nitrogens with zero attached hydrogens (tertiary/aromatic N) is 3. The number of nitrogen functional groups attached to an aromatic ring is 1. The Morgan fingerprint density at radius 1 is 1.47 bits per heavy atom. The third kappa shape index (κ3) is 3.03. The van der Waals surface area contributed by atoms with Gasteiger partial charge in [0.25, 0.3) is 5.91 Å². The molecule has 2 aromatic rings. The molecule has 0 aromatic carbocycles. The molecule has 0 saturated heterocycles. The van der Waals surface area contributed by atoms with Gasteiger partial charge in [0.2, 0.25) is 0 Å². The lowest BCUT2D eigenvalue weighted by atomic mass is 10.3. The van der Waals surface area contributed by atoms with E-state index in [9.17, 15) is 4.79 Å². The summed E-state index contributed by atoms with van der Waals surface area (Å²) in [6.07, 6.45) is 2.98. The molecule has 0 unspecified atom stereocenters. The number of nitrogens with one attached hydrogen (secondary N) is 3. The van der Waals surface area contributed by atoms with Crippen LogP contribution in [0.3, 0.4) is 0 Å². The van der Waals surface area contributed by atoms with E-state index in [2.05, 4.69) is 30.7 Å². The number of hydrogen-bond donors (Lipinski definition) is 4. The molecule has 8 heteroatoms. The standard InChI is InChI=1S/C9H13N7O/c10-7-4-6(14-15-7)9(17)11-3-1-2-8-12-5-13-16-8/h4-5H,1-3H2,(H,11,17)(H3,10,14,15)(H,12,13,16). The second-order valence-corrected chi connectivity index (χ2v) is 3.50. The summed E-state index contributed by atoms with van der Waals surface area (Å²) in [5.74, 6) is 0.897. The number of hydrogen-bond acceptors (Lipinski definition) is 5. The normalized spacial score (nSPS) is 10.4. The highest BCUT2D eigenvalue weighted by molar-refractivity contribution is 5.92. The van der Waals surface area contributed by atoms with Crippen molar-refractivity contribution in [2.45, 2.75) is 12.8 Å². The van der Waals surface area contributed by atoms with Gasteiger partial charge in [-0.25, -0.2) is 4.98 Å². The van der Waals surface area contributed by atoms with Gasteiger partial charge in [-0.2, -0.15) is 10.2 Å². The van der Waals surface area contributed by atoms with Crippen molar-refractivity contribution in [1.29, 1.82) is 0 Å². The van der Waals surface area contributed by atoms with Crippen LogP contribution in [-0.2, 0) is 6.42 Å². The highest BCUT2D eigenvalue weighted by Gasteiger charge is 2.07. The highest BCUT2D eigenvalue weighted by atomic mass is 16.1. The van der Waals surface area contributed by atoms with Gasteiger partial charge in [-0.1, -0.05) is 0 Å². The van der Waals surface area contributed by atoms with E-state index in [0.29, 0.717) is 18.1 Å². The number of aryl methyl sites for hydroxylation is 1. The zero-order valence-corrected chi connectivity index (χ0v) is 9.10. The number of aromatic nitrogens is 5. The molecule has 0 radical (unpaired) electrons. The summed E-state index contributed by atoms with van der Waals surface area (Å²) in [5, 5.41) is 15.5. The lowest BCUT2D eigenvalue weighted by Gasteiger charge is -2.01. The summed E-state index contributed by atoms with van der Waals surface area (Å²) >= 11 is 0. The molecule has 5 N–H and O–H groups in total. The van der Waals surface area contributed by atoms with Crippen LogP contribution in [0.5, 0.6) is 0 Å². The SMILES string of the molecule is Nc1cc(C(=O)NCCCc2ncn[nH]2)[nH]n1. The quantitative estimate of drug-likeness (QED) is 0.518. The van der Waals surface area contributed by atoms with Gasteiger partial charge in [0, 0.05) is 19.0 Å². The molecule has 0 saturated carbocycles. The molecule has 0 aliphatic carbocycles. The van der Waals surface area contributed by atoms with Crippen molar-refractivity contribution in [1.82, 2.24) is 30.7 Å². The first-order chi connectivity index (χ1) is 8.25. The van der Waals surface area contributed by atoms with Crippen LogP contribution in [0.2, 0.25) is 0 Å². The van der Waals surface area contributed by atoms with Gasteiger partial charge < -0.3 is 11.1 Å². The summed E-state index contributed by atoms with van der Waals surface area (Å²) in [5.41, 5.74) is 5.76. The zero-order valence-electron chi connectivity index (χ0n) is 9.10. The van der Waals surface area contributed by atoms with Crippen molar-refractivity contribution >= 4 is 11.7 Å². The maximum atomic E-state index is 11.5. The fourth-order valence-electron chi connectivity index (χ4n) is 1.36. The van der Waals surface area contributed by atoms with Gasteiger partial charge >= 0.3 is 0 Å². The van der Waals surface area contributed by atoms with Crippen LogP contribution in [0.1, 0.15) is 22.7 Å². The van der Waals surface area contributed by atoms with Crippen molar-refractivity contribution < 1.29 is 4.79 Å². The molecule has 0 aliphatic rings. The molecule has 8 nitrogen and oxygen atoms in total. The van der Waals surface area contributed by atoms with Gasteiger partial charge in [-0.05, 0) is 6.42 Å². The zero-order chi connectivity index (χ0) is 12.1. The van der Waals surface area contributed by atoms with Crippen LogP contribution in [0.4, 0.5) is 5.82 Å². The van der Waals surface area contributed by atoms with Crippen LogP contribution in [0.25, 0.3) is 0 Å². The second kappa shape index (κ2) is 5.10. The number of amides is 1. The number of anilines is 1. The first-order valence-electron chi connectivity index (χ1n) is 5.19. The number of carbonyl (C=O) groups excluding carboxylic acids is 1. The topological polar surface area (TPSA) is 125 Å². The lowest BCUT2D eigenvalue weighted by Crippen LogP contribution is -2.25. The minimum Gasteiger partial charge on any atom is -0.382 e. The average molecular weight is 235 g/mol. The van der Waals surface area contributed by atoms with Crippen LogP contribution in [0, 0.1) is 0 Å². The molecule has 1 amide bonds. The summed E-state index contributed by atoms with van der Waals surface area (Å²) in [4.78, 5) is 15.5. The van der Waals surface area contributed by atoms with E-state index in [-0.39, 0.29) is 5.91 Å². The van der Waals surface area contributed by atoms with E-state index in [1.165, 1.54) is 12.4 Å². The fourth-order valence-corrected chi connectivity index (χ4v) is 1.36. The molecule has 17 heavy (non-hydrogen) atoms. The Kier molecular flexibility index (Phi) is 3.34. The van der Waals surface area contributed by atoms with Crippen LogP contribution in [-0.4, -0.2) is 37.8 Å². The maximum absolute atomic E-state index is 11.5. The Labute approximate surface area is 97.0 Å². The molecule has 2 aromatic heterocycles. The highest BCUT2D eigenvalue weighted by Crippen LogP contribution is 1.99. The molecule has 0 fully saturated rings. The van der Waals surface area contributed by atoms with E-state index in [4.69, 9.17) is 5.73 Å². The first-order valence-corrected chi connectivity index (χ1v) is 5.19. The van der Waals surface area contributed by atoms with E-state index < -0.39 is 0 Å². The molecule has 0 atom stereocenters. The monoisotopic (exact) mass is 235 g/mol. The smallest absolute Gasteiger partial charge is 0.269 e. The summed E-state index contributed by atoms with van der Waals surface area (Å²) in [6, 6.07) is 1.49. The molecular weight excluding hydrogens is 222 g/mol. The van der Waals surface area contributed by atoms with E-state index in [1.807, 2.05) is 0 Å². The Morgan fingerprint density at radius 2 is 2.35 bits per heavy atom. The van der Waals surface area contributed by atoms with Gasteiger partial charge in [0.1, 0.15) is 23.7 Å². The van der Waals surface area contributed by atoms with Gasteiger partial charge in [0.05, 0.1) is 0 Å². The number of rotatable bonds is 5. The van der Waals surface area contributed by atoms with Crippen molar-refractivity contribution in [2.24, 2.45) is 0 Å². The Morgan fingerprint density at radius 3 is 3.00 bits per heavy atom. The van der Waals surface area contributed by atoms with E-state index in [1.54, 1.807) is 0 Å². The third-order valence-corrected chi connectivity index (χ3v) is 2.18. The largest absolute Gasteiger partial charge is 0.382 e. The van der Waals surface area contributed by atoms with Crippen molar-refractivity contribution in [3.8, 4) is 0 Å². The summed E-state index contributed by atoms with van der Waals surface area (Å²) < 4.78 is 0. The third-order valence-electron chi connectivity index (χ3n) is 2.18. The predicted octanol–water partition coefficient (Wildman–Crippen LogP) is -0.527. The number of nitrogens with two attached hydrogens (primary N) is 1. The molecule has 0 aliphatic heterocycles. The van der Waals surface area contributed by atoms with E-state index in [0.717, 1.165) is 18.7 Å². The second-order valence-electron chi connectivity index (χ2n) is 3.50. The van der Waals surface area contributed by atoms with Crippen molar-refractivity contribution in [3.05, 3.63) is 23.9 Å². The van der Waals surface area contributed by atoms with Crippen LogP contribution >= 0.6 is 0 Å². The number of H-pyrrole nitrogens is 2. The van der Waals surface area contributed by atoms with Crippen LogP contribution in [0.15, 0.2) is 12.4 Å². The molecule has 0 spiro atoms.